The number of nitrogens with zero attached hydrogens (tertiary/aromatic N) is 3. The summed E-state index contributed by atoms with van der Waals surface area (Å²) in [5.74, 6) is 0. The van der Waals surface area contributed by atoms with Gasteiger partial charge in [0.15, 0.2) is 0 Å². The van der Waals surface area contributed by atoms with Crippen molar-refractivity contribution in [3.8, 4) is 6.57 Å². The molecular weight excluding hydrogens is 126 g/mol. The zero-order valence-corrected chi connectivity index (χ0v) is 6.36. The zero-order valence-electron chi connectivity index (χ0n) is 6.36. The summed E-state index contributed by atoms with van der Waals surface area (Å²) in [5.41, 5.74) is 0. The highest BCUT2D eigenvalue weighted by atomic mass is 15.1. The van der Waals surface area contributed by atoms with Gasteiger partial charge in [-0.3, -0.25) is 0 Å². The third-order valence-corrected chi connectivity index (χ3v) is 1.19. The van der Waals surface area contributed by atoms with Crippen LogP contribution < -0.4 is 4.57 Å². The molecule has 3 nitrogen and oxygen atoms in total. The standard InChI is InChI=1S/C6H11N2.CHN/c1-3-8-5-4-7(2)6-8;1-2/h4-6H,3H2,1-2H3;1H/q+1;. The van der Waals surface area contributed by atoms with Gasteiger partial charge in [-0.2, -0.15) is 0 Å². The van der Waals surface area contributed by atoms with E-state index in [1.165, 1.54) is 0 Å². The first-order valence-electron chi connectivity index (χ1n) is 3.09. The van der Waals surface area contributed by atoms with E-state index in [-0.39, 0.29) is 0 Å². The molecule has 10 heavy (non-hydrogen) atoms. The van der Waals surface area contributed by atoms with Crippen molar-refractivity contribution >= 4 is 0 Å². The van der Waals surface area contributed by atoms with Crippen molar-refractivity contribution in [2.24, 2.45) is 7.05 Å². The first-order chi connectivity index (χ1) is 4.83. The minimum atomic E-state index is 1.06. The van der Waals surface area contributed by atoms with E-state index in [9.17, 15) is 0 Å². The predicted molar refractivity (Wildman–Crippen MR) is 38.0 cm³/mol. The zero-order chi connectivity index (χ0) is 7.98. The lowest BCUT2D eigenvalue weighted by Crippen LogP contribution is -2.23. The summed E-state index contributed by atoms with van der Waals surface area (Å²) >= 11 is 0. The molecular formula is C7H12N3+. The van der Waals surface area contributed by atoms with Gasteiger partial charge in [-0.1, -0.05) is 0 Å². The second kappa shape index (κ2) is 4.57. The summed E-state index contributed by atoms with van der Waals surface area (Å²) in [5, 5.41) is 6.50. The van der Waals surface area contributed by atoms with Gasteiger partial charge >= 0.3 is 0 Å². The Bertz CT molecular complexity index is 200. The molecule has 0 aliphatic rings. The Morgan fingerprint density at radius 1 is 1.60 bits per heavy atom. The summed E-state index contributed by atoms with van der Waals surface area (Å²) in [7, 11) is 2.02. The topological polar surface area (TPSA) is 32.6 Å². The van der Waals surface area contributed by atoms with Crippen LogP contribution in [0.15, 0.2) is 18.7 Å². The Labute approximate surface area is 61.1 Å². The summed E-state index contributed by atoms with van der Waals surface area (Å²) in [6.07, 6.45) is 6.14. The number of aromatic nitrogens is 2. The fraction of sp³-hybridized carbons (Fsp3) is 0.429. The molecule has 1 rings (SSSR count). The van der Waals surface area contributed by atoms with E-state index >= 15 is 0 Å². The van der Waals surface area contributed by atoms with Gasteiger partial charge in [-0.25, -0.2) is 14.4 Å². The molecule has 0 saturated carbocycles. The summed E-state index contributed by atoms with van der Waals surface area (Å²) in [6, 6.07) is 0. The molecule has 0 unspecified atom stereocenters. The number of hydrogen-bond donors (Lipinski definition) is 0. The fourth-order valence-electron chi connectivity index (χ4n) is 0.689. The SMILES string of the molecule is C#N.CCn1cc[n+](C)c1. The lowest BCUT2D eigenvalue weighted by Gasteiger charge is -1.81. The number of nitriles is 1. The molecule has 0 fully saturated rings. The van der Waals surface area contributed by atoms with Crippen LogP contribution >= 0.6 is 0 Å². The van der Waals surface area contributed by atoms with Crippen LogP contribution in [-0.4, -0.2) is 4.57 Å². The molecule has 0 atom stereocenters. The summed E-state index contributed by atoms with van der Waals surface area (Å²) in [4.78, 5) is 0. The first-order valence-corrected chi connectivity index (χ1v) is 3.09. The minimum absolute atomic E-state index is 1.06. The van der Waals surface area contributed by atoms with Crippen LogP contribution in [0.3, 0.4) is 0 Å². The molecule has 1 aromatic rings. The largest absolute Gasteiger partial charge is 0.243 e. The molecule has 54 valence electrons. The van der Waals surface area contributed by atoms with Gasteiger partial charge in [0.1, 0.15) is 12.4 Å². The maximum absolute atomic E-state index is 6.50. The molecule has 0 radical (unpaired) electrons. The normalized spacial score (nSPS) is 8.00. The molecule has 1 aromatic heterocycles. The van der Waals surface area contributed by atoms with Crippen molar-refractivity contribution in [1.82, 2.24) is 4.57 Å². The molecule has 0 N–H and O–H groups in total. The Kier molecular flexibility index (Phi) is 3.97. The maximum atomic E-state index is 6.50. The van der Waals surface area contributed by atoms with Crippen molar-refractivity contribution in [2.45, 2.75) is 13.5 Å². The van der Waals surface area contributed by atoms with Crippen LogP contribution in [0, 0.1) is 11.8 Å². The molecule has 0 bridgehead atoms. The highest BCUT2D eigenvalue weighted by molar-refractivity contribution is 4.63. The van der Waals surface area contributed by atoms with E-state index in [0.717, 1.165) is 6.54 Å². The Balaban J connectivity index is 0.000000371. The fourth-order valence-corrected chi connectivity index (χ4v) is 0.689. The number of hydrogen-bond acceptors (Lipinski definition) is 1. The lowest BCUT2D eigenvalue weighted by molar-refractivity contribution is -0.671. The van der Waals surface area contributed by atoms with Crippen molar-refractivity contribution in [3.05, 3.63) is 18.7 Å². The summed E-state index contributed by atoms with van der Waals surface area (Å²) < 4.78 is 4.16. The monoisotopic (exact) mass is 138 g/mol. The van der Waals surface area contributed by atoms with Crippen LogP contribution in [-0.2, 0) is 13.6 Å². The number of imidazole rings is 1. The van der Waals surface area contributed by atoms with E-state index in [1.807, 2.05) is 17.8 Å². The Morgan fingerprint density at radius 3 is 2.40 bits per heavy atom. The summed E-state index contributed by atoms with van der Waals surface area (Å²) in [6.45, 7) is 6.68. The predicted octanol–water partition coefficient (Wildman–Crippen LogP) is 0.472. The number of aryl methyl sites for hydroxylation is 2. The van der Waals surface area contributed by atoms with Gasteiger partial charge in [0.25, 0.3) is 0 Å². The molecule has 1 heterocycles. The smallest absolute Gasteiger partial charge is 0.240 e. The Hall–Kier alpha value is -1.30. The van der Waals surface area contributed by atoms with Crippen LogP contribution in [0.2, 0.25) is 0 Å². The third kappa shape index (κ3) is 2.31. The van der Waals surface area contributed by atoms with Gasteiger partial charge in [-0.15, -0.1) is 0 Å². The van der Waals surface area contributed by atoms with E-state index in [2.05, 4.69) is 30.6 Å². The molecule has 3 heteroatoms. The molecule has 0 amide bonds. The van der Waals surface area contributed by atoms with Crippen molar-refractivity contribution in [3.63, 3.8) is 0 Å². The van der Waals surface area contributed by atoms with Crippen LogP contribution in [0.5, 0.6) is 0 Å². The van der Waals surface area contributed by atoms with Crippen molar-refractivity contribution in [1.29, 1.82) is 5.26 Å². The van der Waals surface area contributed by atoms with Crippen LogP contribution in [0.4, 0.5) is 0 Å². The quantitative estimate of drug-likeness (QED) is 0.519. The van der Waals surface area contributed by atoms with E-state index in [4.69, 9.17) is 5.26 Å². The van der Waals surface area contributed by atoms with Crippen molar-refractivity contribution in [2.75, 3.05) is 0 Å². The second-order valence-electron chi connectivity index (χ2n) is 1.91. The van der Waals surface area contributed by atoms with Crippen molar-refractivity contribution < 1.29 is 4.57 Å². The average molecular weight is 138 g/mol. The average Bonchev–Trinajstić information content (AvgIpc) is 2.40. The molecule has 0 aliphatic heterocycles. The van der Waals surface area contributed by atoms with Crippen LogP contribution in [0.1, 0.15) is 6.92 Å². The van der Waals surface area contributed by atoms with Gasteiger partial charge < -0.3 is 0 Å². The molecule has 0 spiro atoms. The van der Waals surface area contributed by atoms with E-state index in [0.29, 0.717) is 0 Å². The van der Waals surface area contributed by atoms with Gasteiger partial charge in [0, 0.05) is 6.57 Å². The van der Waals surface area contributed by atoms with Gasteiger partial charge in [0.05, 0.1) is 13.6 Å². The number of rotatable bonds is 1. The molecule has 0 saturated heterocycles. The minimum Gasteiger partial charge on any atom is -0.240 e. The van der Waals surface area contributed by atoms with E-state index in [1.54, 1.807) is 0 Å². The maximum Gasteiger partial charge on any atom is 0.243 e. The first kappa shape index (κ1) is 8.70. The third-order valence-electron chi connectivity index (χ3n) is 1.19. The lowest BCUT2D eigenvalue weighted by atomic mass is 10.7. The van der Waals surface area contributed by atoms with Crippen LogP contribution in [0.25, 0.3) is 0 Å². The van der Waals surface area contributed by atoms with E-state index < -0.39 is 0 Å². The van der Waals surface area contributed by atoms with Gasteiger partial charge in [0.2, 0.25) is 6.33 Å². The van der Waals surface area contributed by atoms with Gasteiger partial charge in [-0.05, 0) is 6.92 Å². The Morgan fingerprint density at radius 2 is 2.20 bits per heavy atom. The second-order valence-corrected chi connectivity index (χ2v) is 1.91. The molecule has 0 aliphatic carbocycles. The highest BCUT2D eigenvalue weighted by Gasteiger charge is 1.92. The molecule has 0 aromatic carbocycles. The highest BCUT2D eigenvalue weighted by Crippen LogP contribution is 1.79.